The summed E-state index contributed by atoms with van der Waals surface area (Å²) in [5.74, 6) is 1.05. The Labute approximate surface area is 128 Å². The molecule has 0 aromatic heterocycles. The van der Waals surface area contributed by atoms with Gasteiger partial charge in [-0.05, 0) is 38.7 Å². The van der Waals surface area contributed by atoms with E-state index >= 15 is 0 Å². The summed E-state index contributed by atoms with van der Waals surface area (Å²) in [6.07, 6.45) is 1.27. The maximum Gasteiger partial charge on any atom is 0.148 e. The first-order valence-electron chi connectivity index (χ1n) is 7.12. The van der Waals surface area contributed by atoms with Crippen molar-refractivity contribution in [1.29, 1.82) is 0 Å². The van der Waals surface area contributed by atoms with Gasteiger partial charge in [-0.25, -0.2) is 8.42 Å². The van der Waals surface area contributed by atoms with Crippen molar-refractivity contribution in [3.63, 3.8) is 0 Å². The fourth-order valence-corrected chi connectivity index (χ4v) is 2.69. The molecule has 0 radical (unpaired) electrons. The molecule has 0 aliphatic carbocycles. The van der Waals surface area contributed by atoms with Gasteiger partial charge in [-0.15, -0.1) is 0 Å². The van der Waals surface area contributed by atoms with E-state index in [-0.39, 0.29) is 11.8 Å². The molecule has 6 heteroatoms. The lowest BCUT2D eigenvalue weighted by atomic mass is 10.1. The van der Waals surface area contributed by atoms with Gasteiger partial charge in [0.05, 0.1) is 12.4 Å². The maximum absolute atomic E-state index is 11.2. The first-order chi connectivity index (χ1) is 9.85. The first kappa shape index (κ1) is 17.9. The molecule has 1 aromatic rings. The third-order valence-electron chi connectivity index (χ3n) is 3.28. The molecule has 0 aliphatic heterocycles. The molecule has 0 fully saturated rings. The fraction of sp³-hybridized carbons (Fsp3) is 0.600. The zero-order valence-electron chi connectivity index (χ0n) is 13.3. The van der Waals surface area contributed by atoms with Crippen molar-refractivity contribution in [3.05, 3.63) is 29.8 Å². The highest BCUT2D eigenvalue weighted by Crippen LogP contribution is 2.18. The Morgan fingerprint density at radius 1 is 1.29 bits per heavy atom. The average molecular weight is 314 g/mol. The minimum absolute atomic E-state index is 0.158. The smallest absolute Gasteiger partial charge is 0.148 e. The lowest BCUT2D eigenvalue weighted by Gasteiger charge is -2.24. The van der Waals surface area contributed by atoms with Crippen molar-refractivity contribution in [2.75, 3.05) is 45.8 Å². The summed E-state index contributed by atoms with van der Waals surface area (Å²) in [4.78, 5) is 2.03. The van der Waals surface area contributed by atoms with Crippen LogP contribution in [0.3, 0.4) is 0 Å². The van der Waals surface area contributed by atoms with Gasteiger partial charge in [0.25, 0.3) is 0 Å². The highest BCUT2D eigenvalue weighted by atomic mass is 32.2. The van der Waals surface area contributed by atoms with E-state index in [4.69, 9.17) is 4.74 Å². The molecule has 120 valence electrons. The van der Waals surface area contributed by atoms with Crippen molar-refractivity contribution in [2.45, 2.75) is 13.0 Å². The Morgan fingerprint density at radius 3 is 2.38 bits per heavy atom. The van der Waals surface area contributed by atoms with Gasteiger partial charge in [0.1, 0.15) is 15.6 Å². The lowest BCUT2D eigenvalue weighted by molar-refractivity contribution is 0.311. The summed E-state index contributed by atoms with van der Waals surface area (Å²) < 4.78 is 27.8. The van der Waals surface area contributed by atoms with E-state index in [2.05, 4.69) is 5.32 Å². The van der Waals surface area contributed by atoms with E-state index in [1.807, 2.05) is 50.2 Å². The second-order valence-corrected chi connectivity index (χ2v) is 7.50. The standard InChI is InChI=1S/C15H26N2O3S/c1-5-20-14-8-6-13(7-9-14)15(16-2)12-17(3)10-11-21(4,18)19/h6-9,15-16H,5,10-12H2,1-4H3. The van der Waals surface area contributed by atoms with Gasteiger partial charge < -0.3 is 15.0 Å². The molecule has 0 heterocycles. The van der Waals surface area contributed by atoms with Crippen LogP contribution in [0.15, 0.2) is 24.3 Å². The minimum atomic E-state index is -2.92. The Morgan fingerprint density at radius 2 is 1.90 bits per heavy atom. The normalized spacial score (nSPS) is 13.4. The van der Waals surface area contributed by atoms with Crippen LogP contribution in [-0.2, 0) is 9.84 Å². The van der Waals surface area contributed by atoms with Gasteiger partial charge in [-0.1, -0.05) is 12.1 Å². The van der Waals surface area contributed by atoms with E-state index in [1.165, 1.54) is 6.26 Å². The second-order valence-electron chi connectivity index (χ2n) is 5.24. The third kappa shape index (κ3) is 6.93. The molecule has 0 saturated heterocycles. The van der Waals surface area contributed by atoms with Crippen molar-refractivity contribution >= 4 is 9.84 Å². The van der Waals surface area contributed by atoms with Crippen molar-refractivity contribution in [3.8, 4) is 5.75 Å². The Bertz CT molecular complexity index is 514. The SMILES string of the molecule is CCOc1ccc(C(CN(C)CCS(C)(=O)=O)NC)cc1. The summed E-state index contributed by atoms with van der Waals surface area (Å²) >= 11 is 0. The van der Waals surface area contributed by atoms with E-state index < -0.39 is 9.84 Å². The van der Waals surface area contributed by atoms with E-state index in [1.54, 1.807) is 0 Å². The summed E-state index contributed by atoms with van der Waals surface area (Å²) in [5, 5.41) is 3.27. The predicted molar refractivity (Wildman–Crippen MR) is 86.6 cm³/mol. The van der Waals surface area contributed by atoms with Crippen LogP contribution in [0.25, 0.3) is 0 Å². The van der Waals surface area contributed by atoms with Crippen LogP contribution >= 0.6 is 0 Å². The van der Waals surface area contributed by atoms with Gasteiger partial charge in [0.15, 0.2) is 0 Å². The van der Waals surface area contributed by atoms with E-state index in [0.717, 1.165) is 17.9 Å². The quantitative estimate of drug-likeness (QED) is 0.745. The summed E-state index contributed by atoms with van der Waals surface area (Å²) in [6.45, 7) is 3.90. The van der Waals surface area contributed by atoms with Crippen LogP contribution in [0.1, 0.15) is 18.5 Å². The molecule has 1 rings (SSSR count). The van der Waals surface area contributed by atoms with Gasteiger partial charge in [-0.3, -0.25) is 0 Å². The Kier molecular flexibility index (Phi) is 7.14. The van der Waals surface area contributed by atoms with Crippen LogP contribution in [0.2, 0.25) is 0 Å². The number of sulfone groups is 1. The Balaban J connectivity index is 2.61. The summed E-state index contributed by atoms with van der Waals surface area (Å²) in [5.41, 5.74) is 1.16. The largest absolute Gasteiger partial charge is 0.494 e. The molecule has 21 heavy (non-hydrogen) atoms. The van der Waals surface area contributed by atoms with Crippen molar-refractivity contribution in [2.24, 2.45) is 0 Å². The third-order valence-corrected chi connectivity index (χ3v) is 4.20. The molecule has 0 bridgehead atoms. The lowest BCUT2D eigenvalue weighted by Crippen LogP contribution is -2.34. The number of nitrogens with zero attached hydrogens (tertiary/aromatic N) is 1. The number of rotatable bonds is 9. The number of ether oxygens (including phenoxy) is 1. The van der Waals surface area contributed by atoms with Crippen LogP contribution in [0, 0.1) is 0 Å². The summed E-state index contributed by atoms with van der Waals surface area (Å²) in [7, 11) is 0.926. The van der Waals surface area contributed by atoms with E-state index in [9.17, 15) is 8.42 Å². The molecule has 0 saturated carbocycles. The minimum Gasteiger partial charge on any atom is -0.494 e. The highest BCUT2D eigenvalue weighted by Gasteiger charge is 2.13. The number of hydrogen-bond donors (Lipinski definition) is 1. The summed E-state index contributed by atoms with van der Waals surface area (Å²) in [6, 6.07) is 8.15. The van der Waals surface area contributed by atoms with Crippen LogP contribution in [0.5, 0.6) is 5.75 Å². The zero-order valence-corrected chi connectivity index (χ0v) is 14.1. The maximum atomic E-state index is 11.2. The molecular formula is C15H26N2O3S. The molecule has 1 N–H and O–H groups in total. The highest BCUT2D eigenvalue weighted by molar-refractivity contribution is 7.90. The van der Waals surface area contributed by atoms with Crippen LogP contribution < -0.4 is 10.1 Å². The molecule has 0 amide bonds. The van der Waals surface area contributed by atoms with Gasteiger partial charge >= 0.3 is 0 Å². The molecule has 1 unspecified atom stereocenters. The number of benzene rings is 1. The first-order valence-corrected chi connectivity index (χ1v) is 9.18. The van der Waals surface area contributed by atoms with E-state index in [0.29, 0.717) is 13.2 Å². The monoisotopic (exact) mass is 314 g/mol. The molecule has 0 spiro atoms. The van der Waals surface area contributed by atoms with Crippen molar-refractivity contribution in [1.82, 2.24) is 10.2 Å². The number of nitrogens with one attached hydrogen (secondary N) is 1. The van der Waals surface area contributed by atoms with Gasteiger partial charge in [0, 0.05) is 25.4 Å². The second kappa shape index (κ2) is 8.36. The average Bonchev–Trinajstić information content (AvgIpc) is 2.43. The molecule has 5 nitrogen and oxygen atoms in total. The molecule has 1 atom stereocenters. The predicted octanol–water partition coefficient (Wildman–Crippen LogP) is 1.32. The Hall–Kier alpha value is -1.11. The molecule has 1 aromatic carbocycles. The molecular weight excluding hydrogens is 288 g/mol. The van der Waals surface area contributed by atoms with Gasteiger partial charge in [0.2, 0.25) is 0 Å². The molecule has 0 aliphatic rings. The topological polar surface area (TPSA) is 58.6 Å². The van der Waals surface area contributed by atoms with Gasteiger partial charge in [-0.2, -0.15) is 0 Å². The number of likely N-dealkylation sites (N-methyl/N-ethyl adjacent to an activating group) is 2. The zero-order chi connectivity index (χ0) is 15.9. The van der Waals surface area contributed by atoms with Crippen LogP contribution in [0.4, 0.5) is 0 Å². The van der Waals surface area contributed by atoms with Crippen molar-refractivity contribution < 1.29 is 13.2 Å². The fourth-order valence-electron chi connectivity index (χ4n) is 2.05. The number of hydrogen-bond acceptors (Lipinski definition) is 5. The van der Waals surface area contributed by atoms with Crippen LogP contribution in [-0.4, -0.2) is 59.1 Å².